The fourth-order valence-corrected chi connectivity index (χ4v) is 5.81. The Labute approximate surface area is 255 Å². The molecule has 0 aliphatic heterocycles. The van der Waals surface area contributed by atoms with Crippen molar-refractivity contribution in [1.82, 2.24) is 15.0 Å². The maximum absolute atomic E-state index is 6.04. The highest BCUT2D eigenvalue weighted by molar-refractivity contribution is 6.06. The molecule has 8 aromatic rings. The molecule has 0 amide bonds. The highest BCUT2D eigenvalue weighted by Crippen LogP contribution is 2.34. The molecule has 0 fully saturated rings. The molecular formula is C40H27N3O. The predicted molar refractivity (Wildman–Crippen MR) is 179 cm³/mol. The van der Waals surface area contributed by atoms with Crippen molar-refractivity contribution < 1.29 is 4.42 Å². The first-order valence-corrected chi connectivity index (χ1v) is 14.7. The Morgan fingerprint density at radius 1 is 0.477 bits per heavy atom. The van der Waals surface area contributed by atoms with Crippen LogP contribution in [0.25, 0.3) is 78.1 Å². The second-order valence-corrected chi connectivity index (χ2v) is 11.0. The zero-order valence-electron chi connectivity index (χ0n) is 24.1. The monoisotopic (exact) mass is 565 g/mol. The van der Waals surface area contributed by atoms with Gasteiger partial charge in [0.25, 0.3) is 0 Å². The van der Waals surface area contributed by atoms with E-state index in [0.29, 0.717) is 5.82 Å². The minimum atomic E-state index is 0.694. The van der Waals surface area contributed by atoms with Gasteiger partial charge in [-0.2, -0.15) is 0 Å². The van der Waals surface area contributed by atoms with E-state index >= 15 is 0 Å². The van der Waals surface area contributed by atoms with E-state index in [-0.39, 0.29) is 0 Å². The van der Waals surface area contributed by atoms with E-state index in [1.54, 1.807) is 6.20 Å². The zero-order valence-corrected chi connectivity index (χ0v) is 24.1. The minimum Gasteiger partial charge on any atom is -0.456 e. The first-order valence-electron chi connectivity index (χ1n) is 14.7. The summed E-state index contributed by atoms with van der Waals surface area (Å²) < 4.78 is 6.04. The van der Waals surface area contributed by atoms with Gasteiger partial charge in [-0.25, -0.2) is 9.97 Å². The molecule has 0 bridgehead atoms. The first-order chi connectivity index (χ1) is 21.7. The van der Waals surface area contributed by atoms with Crippen molar-refractivity contribution in [3.63, 3.8) is 0 Å². The van der Waals surface area contributed by atoms with E-state index in [9.17, 15) is 0 Å². The van der Waals surface area contributed by atoms with Gasteiger partial charge in [0, 0.05) is 39.9 Å². The molecule has 5 aromatic carbocycles. The molecule has 0 saturated carbocycles. The van der Waals surface area contributed by atoms with Crippen LogP contribution in [0.2, 0.25) is 0 Å². The number of fused-ring (bicyclic) bond motifs is 3. The summed E-state index contributed by atoms with van der Waals surface area (Å²) in [6.07, 6.45) is 3.66. The SMILES string of the molecule is Cc1ccccc1-c1cc(-c2ccc(-c3ccc4oc5ccccc5c4c3)cc2)nc(-c2ccc(-c3cccnc3)cc2)n1. The third-order valence-corrected chi connectivity index (χ3v) is 8.18. The molecule has 0 aliphatic rings. The van der Waals surface area contributed by atoms with Crippen LogP contribution < -0.4 is 0 Å². The van der Waals surface area contributed by atoms with Crippen LogP contribution in [0.4, 0.5) is 0 Å². The Balaban J connectivity index is 1.19. The van der Waals surface area contributed by atoms with Crippen LogP contribution in [-0.2, 0) is 0 Å². The maximum Gasteiger partial charge on any atom is 0.160 e. The number of para-hydroxylation sites is 1. The zero-order chi connectivity index (χ0) is 29.5. The second-order valence-electron chi connectivity index (χ2n) is 11.0. The van der Waals surface area contributed by atoms with Crippen LogP contribution in [0.5, 0.6) is 0 Å². The molecule has 4 nitrogen and oxygen atoms in total. The summed E-state index contributed by atoms with van der Waals surface area (Å²) in [6, 6.07) is 46.0. The summed E-state index contributed by atoms with van der Waals surface area (Å²) in [6.45, 7) is 2.12. The predicted octanol–water partition coefficient (Wildman–Crippen LogP) is 10.4. The number of hydrogen-bond donors (Lipinski definition) is 0. The van der Waals surface area contributed by atoms with Crippen LogP contribution in [0.3, 0.4) is 0 Å². The number of furan rings is 1. The minimum absolute atomic E-state index is 0.694. The summed E-state index contributed by atoms with van der Waals surface area (Å²) in [4.78, 5) is 14.4. The van der Waals surface area contributed by atoms with Crippen LogP contribution in [0.15, 0.2) is 150 Å². The molecule has 0 atom stereocenters. The van der Waals surface area contributed by atoms with Gasteiger partial charge in [0.15, 0.2) is 5.82 Å². The Morgan fingerprint density at radius 3 is 1.93 bits per heavy atom. The van der Waals surface area contributed by atoms with E-state index in [2.05, 4.69) is 127 Å². The number of nitrogens with zero attached hydrogens (tertiary/aromatic N) is 3. The van der Waals surface area contributed by atoms with Crippen LogP contribution in [0.1, 0.15) is 5.56 Å². The number of benzene rings is 5. The fraction of sp³-hybridized carbons (Fsp3) is 0.0250. The van der Waals surface area contributed by atoms with Gasteiger partial charge in [-0.3, -0.25) is 4.98 Å². The summed E-state index contributed by atoms with van der Waals surface area (Å²) in [5, 5.41) is 2.26. The molecule has 0 aliphatic carbocycles. The van der Waals surface area contributed by atoms with E-state index < -0.39 is 0 Å². The van der Waals surface area contributed by atoms with Crippen LogP contribution in [-0.4, -0.2) is 15.0 Å². The lowest BCUT2D eigenvalue weighted by molar-refractivity contribution is 0.669. The Hall–Kier alpha value is -5.87. The quantitative estimate of drug-likeness (QED) is 0.208. The maximum atomic E-state index is 6.04. The van der Waals surface area contributed by atoms with E-state index in [0.717, 1.165) is 72.3 Å². The number of hydrogen-bond acceptors (Lipinski definition) is 4. The van der Waals surface area contributed by atoms with Crippen molar-refractivity contribution >= 4 is 21.9 Å². The van der Waals surface area contributed by atoms with E-state index in [1.165, 1.54) is 5.56 Å². The summed E-state index contributed by atoms with van der Waals surface area (Å²) in [5.74, 6) is 0.694. The van der Waals surface area contributed by atoms with Crippen molar-refractivity contribution in [3.05, 3.63) is 151 Å². The fourth-order valence-electron chi connectivity index (χ4n) is 5.81. The van der Waals surface area contributed by atoms with Crippen molar-refractivity contribution in [2.24, 2.45) is 0 Å². The third-order valence-electron chi connectivity index (χ3n) is 8.18. The summed E-state index contributed by atoms with van der Waals surface area (Å²) in [5.41, 5.74) is 12.3. The van der Waals surface area contributed by atoms with Crippen LogP contribution >= 0.6 is 0 Å². The second kappa shape index (κ2) is 10.8. The van der Waals surface area contributed by atoms with Crippen molar-refractivity contribution in [2.75, 3.05) is 0 Å². The smallest absolute Gasteiger partial charge is 0.160 e. The molecule has 3 heterocycles. The number of pyridine rings is 1. The molecule has 0 radical (unpaired) electrons. The Morgan fingerprint density at radius 2 is 1.14 bits per heavy atom. The van der Waals surface area contributed by atoms with Gasteiger partial charge >= 0.3 is 0 Å². The molecule has 8 rings (SSSR count). The molecule has 0 saturated heterocycles. The molecule has 0 N–H and O–H groups in total. The summed E-state index contributed by atoms with van der Waals surface area (Å²) >= 11 is 0. The first kappa shape index (κ1) is 25.8. The van der Waals surface area contributed by atoms with Crippen molar-refractivity contribution in [1.29, 1.82) is 0 Å². The molecule has 3 aromatic heterocycles. The van der Waals surface area contributed by atoms with Gasteiger partial charge in [0.2, 0.25) is 0 Å². The number of aryl methyl sites for hydroxylation is 1. The lowest BCUT2D eigenvalue weighted by atomic mass is 9.99. The van der Waals surface area contributed by atoms with Gasteiger partial charge in [0.1, 0.15) is 11.2 Å². The topological polar surface area (TPSA) is 51.8 Å². The third kappa shape index (κ3) is 4.73. The Bertz CT molecular complexity index is 2270. The van der Waals surface area contributed by atoms with Gasteiger partial charge in [-0.15, -0.1) is 0 Å². The van der Waals surface area contributed by atoms with Crippen molar-refractivity contribution in [3.8, 4) is 56.2 Å². The standard InChI is InChI=1S/C40H27N3O/c1-26-7-2-3-9-33(26)37-24-36(42-40(43-37)30-18-14-28(15-19-30)32-8-6-22-41-25-32)29-16-12-27(13-17-29)31-20-21-39-35(23-31)34-10-4-5-11-38(34)44-39/h2-25H,1H3. The highest BCUT2D eigenvalue weighted by Gasteiger charge is 2.13. The lowest BCUT2D eigenvalue weighted by Crippen LogP contribution is -1.97. The molecule has 0 unspecified atom stereocenters. The average Bonchev–Trinajstić information content (AvgIpc) is 3.47. The molecule has 208 valence electrons. The summed E-state index contributed by atoms with van der Waals surface area (Å²) in [7, 11) is 0. The van der Waals surface area contributed by atoms with Crippen molar-refractivity contribution in [2.45, 2.75) is 6.92 Å². The van der Waals surface area contributed by atoms with E-state index in [1.807, 2.05) is 24.4 Å². The average molecular weight is 566 g/mol. The number of aromatic nitrogens is 3. The number of rotatable bonds is 5. The normalized spacial score (nSPS) is 11.3. The van der Waals surface area contributed by atoms with E-state index in [4.69, 9.17) is 14.4 Å². The van der Waals surface area contributed by atoms with Gasteiger partial charge in [-0.05, 0) is 65.1 Å². The van der Waals surface area contributed by atoms with Gasteiger partial charge in [0.05, 0.1) is 11.4 Å². The molecular weight excluding hydrogens is 538 g/mol. The largest absolute Gasteiger partial charge is 0.456 e. The lowest BCUT2D eigenvalue weighted by Gasteiger charge is -2.12. The Kier molecular flexibility index (Phi) is 6.31. The molecule has 44 heavy (non-hydrogen) atoms. The molecule has 0 spiro atoms. The van der Waals surface area contributed by atoms with Crippen LogP contribution in [0, 0.1) is 6.92 Å². The van der Waals surface area contributed by atoms with Gasteiger partial charge in [-0.1, -0.05) is 103 Å². The van der Waals surface area contributed by atoms with Gasteiger partial charge < -0.3 is 4.42 Å². The highest BCUT2D eigenvalue weighted by atomic mass is 16.3. The molecule has 4 heteroatoms.